The molecule has 0 aliphatic heterocycles. The normalized spacial score (nSPS) is 11.2. The predicted octanol–water partition coefficient (Wildman–Crippen LogP) is 3.45. The third-order valence-corrected chi connectivity index (χ3v) is 5.32. The number of aromatic nitrogens is 1. The summed E-state index contributed by atoms with van der Waals surface area (Å²) in [6.45, 7) is 0. The van der Waals surface area contributed by atoms with Gasteiger partial charge in [-0.25, -0.2) is 4.98 Å². The Morgan fingerprint density at radius 2 is 1.85 bits per heavy atom. The summed E-state index contributed by atoms with van der Waals surface area (Å²) in [5.41, 5.74) is 0.0542. The van der Waals surface area contributed by atoms with Crippen LogP contribution in [0.3, 0.4) is 0 Å². The van der Waals surface area contributed by atoms with Crippen LogP contribution in [0.2, 0.25) is 0 Å². The Labute approximate surface area is 189 Å². The number of ether oxygens (including phenoxy) is 1. The van der Waals surface area contributed by atoms with E-state index in [0.29, 0.717) is 11.3 Å². The number of nitriles is 1. The summed E-state index contributed by atoms with van der Waals surface area (Å²) >= 11 is 0.960. The zero-order valence-corrected chi connectivity index (χ0v) is 17.6. The van der Waals surface area contributed by atoms with Crippen molar-refractivity contribution in [2.45, 2.75) is 5.92 Å². The molecule has 1 amide bonds. The maximum absolute atomic E-state index is 12.6. The highest BCUT2D eigenvalue weighted by molar-refractivity contribution is 7.10. The van der Waals surface area contributed by atoms with Crippen LogP contribution in [0.15, 0.2) is 47.8 Å². The van der Waals surface area contributed by atoms with Crippen molar-refractivity contribution in [3.05, 3.63) is 73.1 Å². The van der Waals surface area contributed by atoms with E-state index in [-0.39, 0.29) is 22.1 Å². The summed E-state index contributed by atoms with van der Waals surface area (Å²) in [6.07, 6.45) is 0. The highest BCUT2D eigenvalue weighted by Gasteiger charge is 2.31. The van der Waals surface area contributed by atoms with Crippen molar-refractivity contribution in [3.8, 4) is 23.1 Å². The number of methoxy groups -OCH3 is 1. The zero-order chi connectivity index (χ0) is 24.1. The summed E-state index contributed by atoms with van der Waals surface area (Å²) in [5.74, 6) is -3.73. The van der Waals surface area contributed by atoms with Crippen molar-refractivity contribution in [2.24, 2.45) is 0 Å². The van der Waals surface area contributed by atoms with Crippen LogP contribution in [0.5, 0.6) is 5.75 Å². The second-order valence-corrected chi connectivity index (χ2v) is 7.29. The van der Waals surface area contributed by atoms with Gasteiger partial charge >= 0.3 is 0 Å². The number of thiazole rings is 1. The number of benzene rings is 2. The fourth-order valence-corrected chi connectivity index (χ4v) is 3.61. The Balaban J connectivity index is 1.81. The molecule has 12 nitrogen and oxygen atoms in total. The zero-order valence-electron chi connectivity index (χ0n) is 16.8. The lowest BCUT2D eigenvalue weighted by atomic mass is 10.1. The number of nitrogens with one attached hydrogen (secondary N) is 1. The van der Waals surface area contributed by atoms with E-state index in [1.165, 1.54) is 43.5 Å². The molecule has 0 saturated heterocycles. The number of anilines is 1. The first-order valence-electron chi connectivity index (χ1n) is 9.02. The lowest BCUT2D eigenvalue weighted by Gasteiger charge is -2.08. The number of ketones is 1. The molecule has 0 aliphatic rings. The summed E-state index contributed by atoms with van der Waals surface area (Å²) in [6, 6.07) is 10.9. The van der Waals surface area contributed by atoms with E-state index in [2.05, 4.69) is 10.3 Å². The number of carbonyl (C=O) groups excluding carboxylic acids is 2. The van der Waals surface area contributed by atoms with Crippen LogP contribution in [-0.2, 0) is 9.59 Å². The molecule has 2 aromatic carbocycles. The van der Waals surface area contributed by atoms with Gasteiger partial charge in [0, 0.05) is 23.1 Å². The SMILES string of the molecule is COc1ccc(NC(=O)C(=O)C(C#N)c2nc(-c3ccc([N+](=O)[O-])cc3)cs2)c([N+](=O)[O-])c1. The molecule has 3 aromatic rings. The Morgan fingerprint density at radius 1 is 1.15 bits per heavy atom. The van der Waals surface area contributed by atoms with Gasteiger partial charge in [-0.2, -0.15) is 5.26 Å². The molecule has 3 rings (SSSR count). The molecular formula is C20H13N5O7S. The second-order valence-electron chi connectivity index (χ2n) is 6.40. The molecule has 166 valence electrons. The summed E-state index contributed by atoms with van der Waals surface area (Å²) in [7, 11) is 1.32. The summed E-state index contributed by atoms with van der Waals surface area (Å²) < 4.78 is 4.92. The number of nitro benzene ring substituents is 2. The standard InChI is InChI=1S/C20H13N5O7S/c1-32-13-6-7-15(17(8-13)25(30)31)22-19(27)18(26)14(9-21)20-23-16(10-33-20)11-2-4-12(5-3-11)24(28)29/h2-8,10,14H,1H3,(H,22,27). The van der Waals surface area contributed by atoms with Gasteiger partial charge in [0.25, 0.3) is 17.3 Å². The number of rotatable bonds is 8. The molecule has 13 heteroatoms. The molecule has 1 N–H and O–H groups in total. The summed E-state index contributed by atoms with van der Waals surface area (Å²) in [4.78, 5) is 50.0. The molecule has 0 spiro atoms. The van der Waals surface area contributed by atoms with Crippen LogP contribution in [0.4, 0.5) is 17.1 Å². The molecule has 0 bridgehead atoms. The van der Waals surface area contributed by atoms with E-state index < -0.39 is 33.1 Å². The maximum Gasteiger partial charge on any atom is 0.296 e. The first kappa shape index (κ1) is 23.0. The Morgan fingerprint density at radius 3 is 2.42 bits per heavy atom. The van der Waals surface area contributed by atoms with Crippen molar-refractivity contribution in [3.63, 3.8) is 0 Å². The summed E-state index contributed by atoms with van der Waals surface area (Å²) in [5, 5.41) is 35.3. The monoisotopic (exact) mass is 467 g/mol. The largest absolute Gasteiger partial charge is 0.496 e. The topological polar surface area (TPSA) is 178 Å². The van der Waals surface area contributed by atoms with Gasteiger partial charge in [-0.15, -0.1) is 11.3 Å². The first-order chi connectivity index (χ1) is 15.7. The van der Waals surface area contributed by atoms with Gasteiger partial charge in [-0.3, -0.25) is 29.8 Å². The van der Waals surface area contributed by atoms with Gasteiger partial charge < -0.3 is 10.1 Å². The maximum atomic E-state index is 12.6. The van der Waals surface area contributed by atoms with Crippen LogP contribution in [0, 0.1) is 31.6 Å². The smallest absolute Gasteiger partial charge is 0.296 e. The van der Waals surface area contributed by atoms with Crippen LogP contribution in [0.1, 0.15) is 10.9 Å². The van der Waals surface area contributed by atoms with Crippen LogP contribution >= 0.6 is 11.3 Å². The van der Waals surface area contributed by atoms with Crippen molar-refractivity contribution in [1.29, 1.82) is 5.26 Å². The lowest BCUT2D eigenvalue weighted by molar-refractivity contribution is -0.384. The number of non-ortho nitro benzene ring substituents is 1. The van der Waals surface area contributed by atoms with Crippen molar-refractivity contribution in [2.75, 3.05) is 12.4 Å². The molecule has 0 fully saturated rings. The third-order valence-electron chi connectivity index (χ3n) is 4.41. The number of nitro groups is 2. The third kappa shape index (κ3) is 4.97. The fourth-order valence-electron chi connectivity index (χ4n) is 2.74. The molecular weight excluding hydrogens is 454 g/mol. The number of Topliss-reactive ketones (excluding diaryl/α,β-unsaturated/α-hetero) is 1. The van der Waals surface area contributed by atoms with Crippen LogP contribution in [-0.4, -0.2) is 33.6 Å². The predicted molar refractivity (Wildman–Crippen MR) is 116 cm³/mol. The molecule has 0 radical (unpaired) electrons. The van der Waals surface area contributed by atoms with Gasteiger partial charge in [0.15, 0.2) is 5.92 Å². The van der Waals surface area contributed by atoms with Crippen molar-refractivity contribution < 1.29 is 24.2 Å². The Kier molecular flexibility index (Phi) is 6.70. The highest BCUT2D eigenvalue weighted by atomic mass is 32.1. The number of hydrogen-bond donors (Lipinski definition) is 1. The van der Waals surface area contributed by atoms with Crippen LogP contribution < -0.4 is 10.1 Å². The van der Waals surface area contributed by atoms with Crippen LogP contribution in [0.25, 0.3) is 11.3 Å². The number of hydrogen-bond acceptors (Lipinski definition) is 10. The minimum atomic E-state index is -1.54. The quantitative estimate of drug-likeness (QED) is 0.295. The van der Waals surface area contributed by atoms with Crippen molar-refractivity contribution >= 4 is 40.1 Å². The Bertz CT molecular complexity index is 1300. The number of amides is 1. The van der Waals surface area contributed by atoms with E-state index in [0.717, 1.165) is 17.4 Å². The van der Waals surface area contributed by atoms with E-state index in [1.807, 2.05) is 0 Å². The molecule has 1 unspecified atom stereocenters. The average Bonchev–Trinajstić information content (AvgIpc) is 3.29. The Hall–Kier alpha value is -4.70. The van der Waals surface area contributed by atoms with E-state index in [4.69, 9.17) is 4.74 Å². The van der Waals surface area contributed by atoms with E-state index in [1.54, 1.807) is 11.4 Å². The average molecular weight is 467 g/mol. The lowest BCUT2D eigenvalue weighted by Crippen LogP contribution is -2.28. The minimum Gasteiger partial charge on any atom is -0.496 e. The van der Waals surface area contributed by atoms with E-state index in [9.17, 15) is 35.1 Å². The molecule has 1 heterocycles. The first-order valence-corrected chi connectivity index (χ1v) is 9.90. The van der Waals surface area contributed by atoms with E-state index >= 15 is 0 Å². The van der Waals surface area contributed by atoms with Gasteiger partial charge in [0.2, 0.25) is 5.78 Å². The fraction of sp³-hybridized carbons (Fsp3) is 0.100. The van der Waals surface area contributed by atoms with Gasteiger partial charge in [0.05, 0.1) is 34.8 Å². The highest BCUT2D eigenvalue weighted by Crippen LogP contribution is 2.31. The number of nitrogens with zero attached hydrogens (tertiary/aromatic N) is 4. The number of carbonyl (C=O) groups is 2. The van der Waals surface area contributed by atoms with Gasteiger partial charge in [0.1, 0.15) is 16.4 Å². The molecule has 0 aliphatic carbocycles. The molecule has 1 atom stereocenters. The molecule has 1 aromatic heterocycles. The van der Waals surface area contributed by atoms with Gasteiger partial charge in [-0.1, -0.05) is 0 Å². The molecule has 33 heavy (non-hydrogen) atoms. The van der Waals surface area contributed by atoms with Crippen molar-refractivity contribution in [1.82, 2.24) is 4.98 Å². The molecule has 0 saturated carbocycles. The minimum absolute atomic E-state index is 0.0373. The second kappa shape index (κ2) is 9.62. The van der Waals surface area contributed by atoms with Gasteiger partial charge in [-0.05, 0) is 24.3 Å².